The van der Waals surface area contributed by atoms with E-state index in [4.69, 9.17) is 9.47 Å². The van der Waals surface area contributed by atoms with Gasteiger partial charge >= 0.3 is 0 Å². The summed E-state index contributed by atoms with van der Waals surface area (Å²) >= 11 is 0. The minimum atomic E-state index is 0. The Morgan fingerprint density at radius 1 is 1.00 bits per heavy atom. The Morgan fingerprint density at radius 2 is 1.77 bits per heavy atom. The zero-order valence-corrected chi connectivity index (χ0v) is 19.4. The van der Waals surface area contributed by atoms with Crippen LogP contribution >= 0.6 is 24.0 Å². The fraction of sp³-hybridized carbons (Fsp3) is 0.286. The number of hydrogen-bond acceptors (Lipinski definition) is 5. The quantitative estimate of drug-likeness (QED) is 0.195. The first-order valence-corrected chi connectivity index (χ1v) is 9.41. The summed E-state index contributed by atoms with van der Waals surface area (Å²) in [5, 5.41) is 10.7. The molecular formula is C21H27IN6O2. The van der Waals surface area contributed by atoms with E-state index in [9.17, 15) is 0 Å². The molecule has 2 aromatic heterocycles. The van der Waals surface area contributed by atoms with E-state index < -0.39 is 0 Å². The Morgan fingerprint density at radius 3 is 2.43 bits per heavy atom. The van der Waals surface area contributed by atoms with Crippen molar-refractivity contribution in [3.8, 4) is 11.6 Å². The molecule has 160 valence electrons. The molecule has 3 rings (SSSR count). The molecule has 0 spiro atoms. The van der Waals surface area contributed by atoms with E-state index in [-0.39, 0.29) is 24.0 Å². The molecule has 0 amide bonds. The number of rotatable bonds is 9. The lowest BCUT2D eigenvalue weighted by Gasteiger charge is -2.12. The smallest absolute Gasteiger partial charge is 0.213 e. The number of aromatic nitrogens is 3. The molecule has 2 N–H and O–H groups in total. The van der Waals surface area contributed by atoms with Gasteiger partial charge in [0.25, 0.3) is 0 Å². The van der Waals surface area contributed by atoms with Gasteiger partial charge in [-0.3, -0.25) is 9.67 Å². The largest absolute Gasteiger partial charge is 0.490 e. The van der Waals surface area contributed by atoms with Crippen molar-refractivity contribution >= 4 is 29.9 Å². The van der Waals surface area contributed by atoms with Gasteiger partial charge in [-0.05, 0) is 23.8 Å². The fourth-order valence-corrected chi connectivity index (χ4v) is 2.58. The summed E-state index contributed by atoms with van der Waals surface area (Å²) in [6.07, 6.45) is 3.56. The number of ether oxygens (including phenoxy) is 2. The first kappa shape index (κ1) is 23.5. The second-order valence-electron chi connectivity index (χ2n) is 6.24. The summed E-state index contributed by atoms with van der Waals surface area (Å²) in [4.78, 5) is 8.57. The second kappa shape index (κ2) is 12.7. The van der Waals surface area contributed by atoms with Crippen LogP contribution in [0.15, 0.2) is 65.9 Å². The molecule has 0 aliphatic heterocycles. The van der Waals surface area contributed by atoms with Crippen LogP contribution in [-0.4, -0.2) is 41.0 Å². The van der Waals surface area contributed by atoms with Crippen LogP contribution in [0.5, 0.6) is 11.6 Å². The third-order valence-corrected chi connectivity index (χ3v) is 4.19. The average Bonchev–Trinajstić information content (AvgIpc) is 3.18. The number of aliphatic imine (C=N–C) groups is 1. The summed E-state index contributed by atoms with van der Waals surface area (Å²) in [7, 11) is 3.65. The van der Waals surface area contributed by atoms with E-state index in [2.05, 4.69) is 25.7 Å². The predicted octanol–water partition coefficient (Wildman–Crippen LogP) is 2.76. The van der Waals surface area contributed by atoms with Crippen LogP contribution in [0.25, 0.3) is 0 Å². The van der Waals surface area contributed by atoms with Crippen LogP contribution in [0.1, 0.15) is 11.3 Å². The van der Waals surface area contributed by atoms with Crippen molar-refractivity contribution in [3.63, 3.8) is 0 Å². The summed E-state index contributed by atoms with van der Waals surface area (Å²) in [6.45, 7) is 2.15. The van der Waals surface area contributed by atoms with Crippen molar-refractivity contribution in [1.82, 2.24) is 25.4 Å². The maximum Gasteiger partial charge on any atom is 0.213 e. The minimum absolute atomic E-state index is 0. The van der Waals surface area contributed by atoms with E-state index in [1.807, 2.05) is 60.3 Å². The Hall–Kier alpha value is -2.82. The Bertz CT molecular complexity index is 899. The highest BCUT2D eigenvalue weighted by Gasteiger charge is 2.03. The van der Waals surface area contributed by atoms with Gasteiger partial charge < -0.3 is 20.1 Å². The van der Waals surface area contributed by atoms with Crippen LogP contribution in [0.4, 0.5) is 0 Å². The summed E-state index contributed by atoms with van der Waals surface area (Å²) in [5.41, 5.74) is 2.11. The maximum atomic E-state index is 5.62. The fourth-order valence-electron chi connectivity index (χ4n) is 2.58. The van der Waals surface area contributed by atoms with E-state index in [0.29, 0.717) is 38.1 Å². The van der Waals surface area contributed by atoms with Gasteiger partial charge in [0.1, 0.15) is 19.0 Å². The highest BCUT2D eigenvalue weighted by atomic mass is 127. The van der Waals surface area contributed by atoms with Gasteiger partial charge in [-0.25, -0.2) is 4.98 Å². The monoisotopic (exact) mass is 522 g/mol. The van der Waals surface area contributed by atoms with Crippen LogP contribution in [-0.2, 0) is 20.1 Å². The molecule has 3 aromatic rings. The molecule has 0 saturated heterocycles. The third-order valence-electron chi connectivity index (χ3n) is 4.19. The molecule has 0 aliphatic carbocycles. The van der Waals surface area contributed by atoms with E-state index >= 15 is 0 Å². The van der Waals surface area contributed by atoms with Crippen molar-refractivity contribution in [3.05, 3.63) is 72.2 Å². The molecule has 0 saturated carbocycles. The average molecular weight is 522 g/mol. The van der Waals surface area contributed by atoms with Crippen molar-refractivity contribution in [2.24, 2.45) is 12.0 Å². The molecule has 8 nitrogen and oxygen atoms in total. The maximum absolute atomic E-state index is 5.62. The highest BCUT2D eigenvalue weighted by molar-refractivity contribution is 14.0. The van der Waals surface area contributed by atoms with E-state index in [0.717, 1.165) is 17.0 Å². The van der Waals surface area contributed by atoms with Crippen molar-refractivity contribution < 1.29 is 9.47 Å². The first-order valence-electron chi connectivity index (χ1n) is 9.41. The highest BCUT2D eigenvalue weighted by Crippen LogP contribution is 2.10. The van der Waals surface area contributed by atoms with Gasteiger partial charge in [-0.1, -0.05) is 24.3 Å². The molecule has 0 unspecified atom stereocenters. The number of nitrogens with zero attached hydrogens (tertiary/aromatic N) is 4. The van der Waals surface area contributed by atoms with E-state index in [1.165, 1.54) is 0 Å². The lowest BCUT2D eigenvalue weighted by molar-refractivity contribution is 0.212. The van der Waals surface area contributed by atoms with Gasteiger partial charge in [0.15, 0.2) is 5.96 Å². The van der Waals surface area contributed by atoms with Gasteiger partial charge in [0, 0.05) is 39.1 Å². The lowest BCUT2D eigenvalue weighted by Crippen LogP contribution is -2.36. The normalized spacial score (nSPS) is 10.8. The SMILES string of the molecule is CN=C(NCc1ccc(OCCOc2ccccc2)nc1)NCc1ccnn1C.I. The first-order chi connectivity index (χ1) is 14.2. The molecule has 0 bridgehead atoms. The second-order valence-corrected chi connectivity index (χ2v) is 6.24. The molecule has 1 aromatic carbocycles. The number of benzene rings is 1. The van der Waals surface area contributed by atoms with Crippen LogP contribution < -0.4 is 20.1 Å². The summed E-state index contributed by atoms with van der Waals surface area (Å²) in [5.74, 6) is 2.12. The van der Waals surface area contributed by atoms with Gasteiger partial charge in [0.2, 0.25) is 5.88 Å². The summed E-state index contributed by atoms with van der Waals surface area (Å²) in [6, 6.07) is 15.5. The van der Waals surface area contributed by atoms with Crippen molar-refractivity contribution in [2.75, 3.05) is 20.3 Å². The molecular weight excluding hydrogens is 495 g/mol. The number of aryl methyl sites for hydroxylation is 1. The number of nitrogens with one attached hydrogen (secondary N) is 2. The van der Waals surface area contributed by atoms with Crippen LogP contribution in [0.3, 0.4) is 0 Å². The minimum Gasteiger partial charge on any atom is -0.490 e. The number of guanidine groups is 1. The van der Waals surface area contributed by atoms with Gasteiger partial charge in [-0.2, -0.15) is 5.10 Å². The molecule has 9 heteroatoms. The number of hydrogen-bond donors (Lipinski definition) is 2. The Balaban J connectivity index is 0.00000320. The predicted molar refractivity (Wildman–Crippen MR) is 127 cm³/mol. The molecule has 0 radical (unpaired) electrons. The molecule has 30 heavy (non-hydrogen) atoms. The topological polar surface area (TPSA) is 85.6 Å². The number of pyridine rings is 1. The van der Waals surface area contributed by atoms with E-state index in [1.54, 1.807) is 19.4 Å². The number of halogens is 1. The zero-order chi connectivity index (χ0) is 20.3. The van der Waals surface area contributed by atoms with Crippen LogP contribution in [0, 0.1) is 0 Å². The van der Waals surface area contributed by atoms with Crippen molar-refractivity contribution in [2.45, 2.75) is 13.1 Å². The molecule has 0 atom stereocenters. The summed E-state index contributed by atoms with van der Waals surface area (Å²) < 4.78 is 13.0. The zero-order valence-electron chi connectivity index (χ0n) is 17.1. The number of para-hydroxylation sites is 1. The van der Waals surface area contributed by atoms with Gasteiger partial charge in [-0.15, -0.1) is 24.0 Å². The van der Waals surface area contributed by atoms with Crippen LogP contribution in [0.2, 0.25) is 0 Å². The molecule has 2 heterocycles. The standard InChI is InChI=1S/C21H26N6O2.HI/c1-22-21(25-16-18-10-11-26-27(18)2)24-15-17-8-9-20(23-14-17)29-13-12-28-19-6-4-3-5-7-19;/h3-11,14H,12-13,15-16H2,1-2H3,(H2,22,24,25);1H. The third kappa shape index (κ3) is 7.54. The van der Waals surface area contributed by atoms with Crippen molar-refractivity contribution in [1.29, 1.82) is 0 Å². The molecule has 0 aliphatic rings. The Labute approximate surface area is 193 Å². The lowest BCUT2D eigenvalue weighted by atomic mass is 10.3. The molecule has 0 fully saturated rings. The Kier molecular flexibility index (Phi) is 9.92. The van der Waals surface area contributed by atoms with Gasteiger partial charge in [0.05, 0.1) is 12.2 Å².